The maximum atomic E-state index is 11.5. The fraction of sp³-hybridized carbons (Fsp3) is 0.267. The van der Waals surface area contributed by atoms with Crippen molar-refractivity contribution in [2.45, 2.75) is 26.7 Å². The van der Waals surface area contributed by atoms with Crippen molar-refractivity contribution in [3.8, 4) is 0 Å². The number of ketones is 1. The van der Waals surface area contributed by atoms with Gasteiger partial charge in [-0.25, -0.2) is 0 Å². The predicted octanol–water partition coefficient (Wildman–Crippen LogP) is 3.84. The standard InChI is InChI=1S/C15H18O2/c1-5-11(3)7-8-13-9-10-14(12(4)17-13)15(16)6-2/h5,7-8,10H,1,4,6,9H2,2-3H3/b11-7-,13-8+. The minimum atomic E-state index is 0.0758. The number of hydrogen-bond donors (Lipinski definition) is 0. The molecule has 1 heterocycles. The molecule has 1 aliphatic heterocycles. The first-order valence-corrected chi connectivity index (χ1v) is 5.68. The first-order chi connectivity index (χ1) is 8.08. The largest absolute Gasteiger partial charge is 0.461 e. The van der Waals surface area contributed by atoms with Gasteiger partial charge in [0.15, 0.2) is 5.78 Å². The highest BCUT2D eigenvalue weighted by Gasteiger charge is 2.17. The molecule has 0 radical (unpaired) electrons. The predicted molar refractivity (Wildman–Crippen MR) is 70.3 cm³/mol. The van der Waals surface area contributed by atoms with Gasteiger partial charge in [0.05, 0.1) is 5.57 Å². The van der Waals surface area contributed by atoms with E-state index in [0.29, 0.717) is 24.2 Å². The lowest BCUT2D eigenvalue weighted by Crippen LogP contribution is -2.10. The minimum Gasteiger partial charge on any atom is -0.461 e. The van der Waals surface area contributed by atoms with E-state index in [9.17, 15) is 4.79 Å². The summed E-state index contributed by atoms with van der Waals surface area (Å²) < 4.78 is 5.52. The summed E-state index contributed by atoms with van der Waals surface area (Å²) in [6.07, 6.45) is 8.56. The molecule has 0 bridgehead atoms. The fourth-order valence-corrected chi connectivity index (χ4v) is 1.43. The molecule has 0 amide bonds. The maximum absolute atomic E-state index is 11.5. The lowest BCUT2D eigenvalue weighted by atomic mass is 10.0. The van der Waals surface area contributed by atoms with E-state index in [-0.39, 0.29) is 5.78 Å². The first-order valence-electron chi connectivity index (χ1n) is 5.68. The highest BCUT2D eigenvalue weighted by molar-refractivity contribution is 5.98. The Labute approximate surface area is 103 Å². The summed E-state index contributed by atoms with van der Waals surface area (Å²) in [4.78, 5) is 11.5. The Morgan fingerprint density at radius 2 is 2.29 bits per heavy atom. The molecule has 0 atom stereocenters. The van der Waals surface area contributed by atoms with Crippen molar-refractivity contribution in [2.75, 3.05) is 0 Å². The molecule has 0 aliphatic carbocycles. The van der Waals surface area contributed by atoms with Gasteiger partial charge in [-0.2, -0.15) is 0 Å². The highest BCUT2D eigenvalue weighted by Crippen LogP contribution is 2.25. The lowest BCUT2D eigenvalue weighted by Gasteiger charge is -2.18. The van der Waals surface area contributed by atoms with E-state index in [2.05, 4.69) is 13.2 Å². The van der Waals surface area contributed by atoms with E-state index < -0.39 is 0 Å². The van der Waals surface area contributed by atoms with E-state index in [1.165, 1.54) is 0 Å². The van der Waals surface area contributed by atoms with E-state index in [1.54, 1.807) is 6.08 Å². The van der Waals surface area contributed by atoms with Crippen molar-refractivity contribution >= 4 is 5.78 Å². The van der Waals surface area contributed by atoms with Crippen LogP contribution >= 0.6 is 0 Å². The van der Waals surface area contributed by atoms with Gasteiger partial charge in [-0.15, -0.1) is 0 Å². The molecule has 0 N–H and O–H groups in total. The van der Waals surface area contributed by atoms with Crippen LogP contribution in [-0.4, -0.2) is 5.78 Å². The SMILES string of the molecule is C=C/C(C)=C\C=C1/CC=C(C(=O)CC)C(=C)O1. The summed E-state index contributed by atoms with van der Waals surface area (Å²) in [6, 6.07) is 0. The number of carbonyl (C=O) groups is 1. The molecule has 0 spiro atoms. The monoisotopic (exact) mass is 230 g/mol. The number of hydrogen-bond acceptors (Lipinski definition) is 2. The van der Waals surface area contributed by atoms with Crippen LogP contribution < -0.4 is 0 Å². The lowest BCUT2D eigenvalue weighted by molar-refractivity contribution is -0.115. The summed E-state index contributed by atoms with van der Waals surface area (Å²) in [5, 5.41) is 0. The summed E-state index contributed by atoms with van der Waals surface area (Å²) in [5.74, 6) is 1.31. The van der Waals surface area contributed by atoms with Gasteiger partial charge in [0.25, 0.3) is 0 Å². The molecule has 0 aromatic rings. The van der Waals surface area contributed by atoms with Crippen molar-refractivity contribution in [1.29, 1.82) is 0 Å². The average Bonchev–Trinajstić information content (AvgIpc) is 2.35. The van der Waals surface area contributed by atoms with Crippen LogP contribution in [0.15, 0.2) is 60.1 Å². The third-order valence-electron chi connectivity index (χ3n) is 2.54. The first kappa shape index (κ1) is 13.2. The molecule has 2 heteroatoms. The second-order valence-electron chi connectivity index (χ2n) is 3.87. The van der Waals surface area contributed by atoms with Gasteiger partial charge in [-0.1, -0.05) is 43.9 Å². The van der Waals surface area contributed by atoms with E-state index in [0.717, 1.165) is 11.3 Å². The summed E-state index contributed by atoms with van der Waals surface area (Å²) in [6.45, 7) is 11.2. The van der Waals surface area contributed by atoms with E-state index in [1.807, 2.05) is 32.1 Å². The van der Waals surface area contributed by atoms with Crippen molar-refractivity contribution in [2.24, 2.45) is 0 Å². The van der Waals surface area contributed by atoms with Gasteiger partial charge in [-0.3, -0.25) is 4.79 Å². The van der Waals surface area contributed by atoms with Gasteiger partial charge >= 0.3 is 0 Å². The zero-order valence-corrected chi connectivity index (χ0v) is 10.5. The van der Waals surface area contributed by atoms with Crippen LogP contribution in [-0.2, 0) is 9.53 Å². The average molecular weight is 230 g/mol. The molecule has 1 rings (SSSR count). The Morgan fingerprint density at radius 1 is 1.59 bits per heavy atom. The molecule has 0 saturated heterocycles. The third kappa shape index (κ3) is 3.59. The number of Topliss-reactive ketones (excluding diaryl/α,β-unsaturated/α-hetero) is 1. The number of ether oxygens (including phenoxy) is 1. The zero-order valence-electron chi connectivity index (χ0n) is 10.5. The molecule has 0 unspecified atom stereocenters. The molecule has 2 nitrogen and oxygen atoms in total. The van der Waals surface area contributed by atoms with Crippen LogP contribution in [0.2, 0.25) is 0 Å². The summed E-state index contributed by atoms with van der Waals surface area (Å²) >= 11 is 0. The molecular weight excluding hydrogens is 212 g/mol. The van der Waals surface area contributed by atoms with Crippen LogP contribution in [0, 0.1) is 0 Å². The Bertz CT molecular complexity index is 434. The molecule has 1 aliphatic rings. The van der Waals surface area contributed by atoms with Gasteiger partial charge in [0, 0.05) is 12.8 Å². The molecule has 0 saturated carbocycles. The Morgan fingerprint density at radius 3 is 2.82 bits per heavy atom. The van der Waals surface area contributed by atoms with Crippen LogP contribution in [0.5, 0.6) is 0 Å². The van der Waals surface area contributed by atoms with Crippen molar-refractivity contribution < 1.29 is 9.53 Å². The summed E-state index contributed by atoms with van der Waals surface area (Å²) in [7, 11) is 0. The highest BCUT2D eigenvalue weighted by atomic mass is 16.5. The molecule has 0 fully saturated rings. The molecule has 17 heavy (non-hydrogen) atoms. The Hall–Kier alpha value is -1.83. The van der Waals surface area contributed by atoms with Crippen molar-refractivity contribution in [1.82, 2.24) is 0 Å². The molecular formula is C15H18O2. The van der Waals surface area contributed by atoms with Crippen LogP contribution in [0.4, 0.5) is 0 Å². The van der Waals surface area contributed by atoms with Crippen molar-refractivity contribution in [3.63, 3.8) is 0 Å². The van der Waals surface area contributed by atoms with Gasteiger partial charge < -0.3 is 4.74 Å². The minimum absolute atomic E-state index is 0.0758. The van der Waals surface area contributed by atoms with E-state index >= 15 is 0 Å². The second-order valence-corrected chi connectivity index (χ2v) is 3.87. The van der Waals surface area contributed by atoms with Gasteiger partial charge in [0.2, 0.25) is 0 Å². The molecule has 0 aromatic heterocycles. The number of rotatable bonds is 4. The quantitative estimate of drug-likeness (QED) is 0.686. The normalized spacial score (nSPS) is 18.7. The fourth-order valence-electron chi connectivity index (χ4n) is 1.43. The molecule has 90 valence electrons. The number of carbonyl (C=O) groups excluding carboxylic acids is 1. The van der Waals surface area contributed by atoms with Crippen LogP contribution in [0.1, 0.15) is 26.7 Å². The van der Waals surface area contributed by atoms with Gasteiger partial charge in [-0.05, 0) is 13.0 Å². The maximum Gasteiger partial charge on any atom is 0.166 e. The zero-order chi connectivity index (χ0) is 12.8. The Kier molecular flexibility index (Phi) is 4.70. The summed E-state index contributed by atoms with van der Waals surface area (Å²) in [5.41, 5.74) is 1.67. The van der Waals surface area contributed by atoms with Crippen LogP contribution in [0.3, 0.4) is 0 Å². The second kappa shape index (κ2) is 6.04. The van der Waals surface area contributed by atoms with Crippen molar-refractivity contribution in [3.05, 3.63) is 60.1 Å². The number of allylic oxidation sites excluding steroid dienone is 6. The third-order valence-corrected chi connectivity index (χ3v) is 2.54. The van der Waals surface area contributed by atoms with Gasteiger partial charge in [0.1, 0.15) is 11.5 Å². The topological polar surface area (TPSA) is 26.3 Å². The van der Waals surface area contributed by atoms with Crippen LogP contribution in [0.25, 0.3) is 0 Å². The smallest absolute Gasteiger partial charge is 0.166 e. The molecule has 0 aromatic carbocycles. The van der Waals surface area contributed by atoms with E-state index in [4.69, 9.17) is 4.74 Å². The Balaban J connectivity index is 2.82.